The summed E-state index contributed by atoms with van der Waals surface area (Å²) >= 11 is 5.94. The topological polar surface area (TPSA) is 115 Å². The molecule has 0 bridgehead atoms. The van der Waals surface area contributed by atoms with E-state index < -0.39 is 21.9 Å². The van der Waals surface area contributed by atoms with Crippen LogP contribution in [0.25, 0.3) is 0 Å². The molecule has 8 nitrogen and oxygen atoms in total. The number of hydrogen-bond acceptors (Lipinski definition) is 8. The van der Waals surface area contributed by atoms with Crippen LogP contribution in [0.4, 0.5) is 0 Å². The maximum absolute atomic E-state index is 12.8. The van der Waals surface area contributed by atoms with E-state index in [0.29, 0.717) is 24.5 Å². The lowest BCUT2D eigenvalue weighted by Gasteiger charge is -2.12. The molecule has 3 rings (SSSR count). The summed E-state index contributed by atoms with van der Waals surface area (Å²) in [7, 11) is -3.81. The van der Waals surface area contributed by atoms with E-state index in [9.17, 15) is 18.3 Å². The van der Waals surface area contributed by atoms with Crippen molar-refractivity contribution in [2.75, 3.05) is 13.1 Å². The van der Waals surface area contributed by atoms with Crippen LogP contribution in [0.2, 0.25) is 5.02 Å². The molecule has 0 saturated heterocycles. The third-order valence-corrected chi connectivity index (χ3v) is 6.54. The Morgan fingerprint density at radius 1 is 1.15 bits per heavy atom. The Morgan fingerprint density at radius 3 is 2.55 bits per heavy atom. The fraction of sp³-hybridized carbons (Fsp3) is 0.217. The molecule has 0 unspecified atom stereocenters. The van der Waals surface area contributed by atoms with E-state index in [0.717, 1.165) is 11.1 Å². The number of aliphatic hydroxyl groups excluding tert-OH is 1. The lowest BCUT2D eigenvalue weighted by molar-refractivity contribution is -0.210. The Balaban J connectivity index is 1.53. The number of sulfone groups is 1. The molecule has 1 aromatic heterocycles. The monoisotopic (exact) mass is 490 g/mol. The molecule has 1 atom stereocenters. The Kier molecular flexibility index (Phi) is 8.40. The van der Waals surface area contributed by atoms with Gasteiger partial charge in [-0.25, -0.2) is 18.2 Å². The number of aliphatic hydroxyl groups is 1. The minimum atomic E-state index is -3.81. The lowest BCUT2D eigenvalue weighted by Crippen LogP contribution is -2.23. The molecule has 2 aromatic carbocycles. The van der Waals surface area contributed by atoms with Gasteiger partial charge in [-0.3, -0.25) is 9.78 Å². The summed E-state index contributed by atoms with van der Waals surface area (Å²) < 4.78 is 25.6. The number of benzene rings is 2. The molecule has 0 aliphatic carbocycles. The van der Waals surface area contributed by atoms with Crippen molar-refractivity contribution in [2.24, 2.45) is 0 Å². The van der Waals surface area contributed by atoms with Gasteiger partial charge in [0, 0.05) is 24.7 Å². The van der Waals surface area contributed by atoms with Crippen molar-refractivity contribution in [1.82, 2.24) is 10.3 Å². The van der Waals surface area contributed by atoms with Crippen molar-refractivity contribution in [2.45, 2.75) is 29.4 Å². The molecular formula is C23H23ClN2O6S. The van der Waals surface area contributed by atoms with Crippen molar-refractivity contribution in [1.29, 1.82) is 0 Å². The number of hydrogen-bond donors (Lipinski definition) is 2. The highest BCUT2D eigenvalue weighted by Crippen LogP contribution is 2.22. The zero-order valence-corrected chi connectivity index (χ0v) is 19.3. The third-order valence-electron chi connectivity index (χ3n) is 4.62. The van der Waals surface area contributed by atoms with Gasteiger partial charge in [-0.2, -0.15) is 0 Å². The van der Waals surface area contributed by atoms with Crippen molar-refractivity contribution in [3.8, 4) is 5.75 Å². The fourth-order valence-electron chi connectivity index (χ4n) is 2.92. The molecule has 0 radical (unpaired) electrons. The van der Waals surface area contributed by atoms with Crippen molar-refractivity contribution >= 4 is 27.4 Å². The van der Waals surface area contributed by atoms with Crippen LogP contribution in [0.1, 0.15) is 24.2 Å². The van der Waals surface area contributed by atoms with E-state index in [2.05, 4.69) is 15.2 Å². The van der Waals surface area contributed by atoms with Crippen molar-refractivity contribution < 1.29 is 28.1 Å². The summed E-state index contributed by atoms with van der Waals surface area (Å²) in [6.45, 7) is 2.13. The Hall–Kier alpha value is -2.98. The van der Waals surface area contributed by atoms with E-state index in [4.69, 9.17) is 16.5 Å². The van der Waals surface area contributed by atoms with Crippen LogP contribution < -0.4 is 10.2 Å². The smallest absolute Gasteiger partial charge is 0.352 e. The number of nitrogens with one attached hydrogen (secondary N) is 1. The van der Waals surface area contributed by atoms with Crippen LogP contribution in [0.5, 0.6) is 5.75 Å². The summed E-state index contributed by atoms with van der Waals surface area (Å²) in [4.78, 5) is 24.1. The van der Waals surface area contributed by atoms with Gasteiger partial charge < -0.3 is 10.4 Å². The lowest BCUT2D eigenvalue weighted by atomic mass is 10.1. The highest BCUT2D eigenvalue weighted by Gasteiger charge is 2.19. The second-order valence-electron chi connectivity index (χ2n) is 7.16. The van der Waals surface area contributed by atoms with E-state index in [1.165, 1.54) is 43.5 Å². The normalized spacial score (nSPS) is 12.2. The predicted octanol–water partition coefficient (Wildman–Crippen LogP) is 3.29. The summed E-state index contributed by atoms with van der Waals surface area (Å²) in [6.07, 6.45) is 1.44. The quantitative estimate of drug-likeness (QED) is 0.253. The molecule has 0 spiro atoms. The van der Waals surface area contributed by atoms with Crippen LogP contribution in [-0.4, -0.2) is 37.6 Å². The number of nitrogens with zero attached hydrogens (tertiary/aromatic N) is 1. The largest absolute Gasteiger partial charge is 0.387 e. The first-order chi connectivity index (χ1) is 15.8. The van der Waals surface area contributed by atoms with Crippen LogP contribution in [-0.2, 0) is 25.9 Å². The minimum Gasteiger partial charge on any atom is -0.387 e. The Bertz CT molecular complexity index is 1180. The van der Waals surface area contributed by atoms with Gasteiger partial charge in [-0.15, -0.1) is 0 Å². The van der Waals surface area contributed by atoms with Gasteiger partial charge in [0.2, 0.25) is 9.84 Å². The van der Waals surface area contributed by atoms with Crippen LogP contribution >= 0.6 is 11.6 Å². The van der Waals surface area contributed by atoms with Crippen molar-refractivity contribution in [3.63, 3.8) is 0 Å². The molecule has 33 heavy (non-hydrogen) atoms. The highest BCUT2D eigenvalue weighted by atomic mass is 35.5. The molecular weight excluding hydrogens is 468 g/mol. The number of pyridine rings is 1. The zero-order valence-electron chi connectivity index (χ0n) is 17.8. The third kappa shape index (κ3) is 7.00. The van der Waals surface area contributed by atoms with E-state index in [-0.39, 0.29) is 15.7 Å². The van der Waals surface area contributed by atoms with Gasteiger partial charge in [0.25, 0.3) is 0 Å². The molecule has 0 fully saturated rings. The molecule has 0 amide bonds. The minimum absolute atomic E-state index is 0.0367. The van der Waals surface area contributed by atoms with Gasteiger partial charge in [-0.1, -0.05) is 29.8 Å². The predicted molar refractivity (Wildman–Crippen MR) is 122 cm³/mol. The second kappa shape index (κ2) is 11.2. The highest BCUT2D eigenvalue weighted by molar-refractivity contribution is 7.91. The summed E-state index contributed by atoms with van der Waals surface area (Å²) in [5.74, 6) is -0.427. The number of halogens is 1. The average molecular weight is 491 g/mol. The maximum Gasteiger partial charge on any atom is 0.352 e. The van der Waals surface area contributed by atoms with Gasteiger partial charge in [0.15, 0.2) is 10.8 Å². The Morgan fingerprint density at radius 2 is 1.91 bits per heavy atom. The number of carbonyl (C=O) groups excluding carboxylic acids is 1. The van der Waals surface area contributed by atoms with Gasteiger partial charge >= 0.3 is 5.97 Å². The first-order valence-electron chi connectivity index (χ1n) is 10.0. The average Bonchev–Trinajstić information content (AvgIpc) is 2.81. The standard InChI is InChI=1S/C23H23ClN2O6S/c1-16(27)31-32-20-6-8-21(9-7-20)33(29,30)23-10-5-17(14-26-23)11-12-25-15-22(28)18-3-2-4-19(24)13-18/h2-10,13-14,22,25,28H,11-12,15H2,1H3/t22-/m0/s1. The van der Waals surface area contributed by atoms with E-state index >= 15 is 0 Å². The number of carbonyl (C=O) groups is 1. The molecule has 174 valence electrons. The van der Waals surface area contributed by atoms with Crippen molar-refractivity contribution in [3.05, 3.63) is 83.0 Å². The molecule has 2 N–H and O–H groups in total. The molecule has 3 aromatic rings. The SMILES string of the molecule is CC(=O)OOc1ccc(S(=O)(=O)c2ccc(CCNC[C@H](O)c3cccc(Cl)c3)cn2)cc1. The van der Waals surface area contributed by atoms with Crippen LogP contribution in [0, 0.1) is 0 Å². The Labute approximate surface area is 197 Å². The van der Waals surface area contributed by atoms with Gasteiger partial charge in [-0.05, 0) is 66.6 Å². The van der Waals surface area contributed by atoms with E-state index in [1.54, 1.807) is 24.3 Å². The molecule has 1 heterocycles. The maximum atomic E-state index is 12.8. The number of aromatic nitrogens is 1. The van der Waals surface area contributed by atoms with Gasteiger partial charge in [0.1, 0.15) is 0 Å². The summed E-state index contributed by atoms with van der Waals surface area (Å²) in [6, 6.07) is 15.7. The van der Waals surface area contributed by atoms with Crippen LogP contribution in [0.3, 0.4) is 0 Å². The molecule has 0 aliphatic rings. The van der Waals surface area contributed by atoms with Crippen LogP contribution in [0.15, 0.2) is 76.8 Å². The van der Waals surface area contributed by atoms with E-state index in [1.807, 2.05) is 6.07 Å². The first kappa shape index (κ1) is 24.7. The summed E-state index contributed by atoms with van der Waals surface area (Å²) in [5.41, 5.74) is 1.58. The summed E-state index contributed by atoms with van der Waals surface area (Å²) in [5, 5.41) is 13.9. The molecule has 0 aliphatic heterocycles. The second-order valence-corrected chi connectivity index (χ2v) is 9.50. The molecule has 10 heteroatoms. The first-order valence-corrected chi connectivity index (χ1v) is 11.9. The molecule has 0 saturated carbocycles. The number of rotatable bonds is 10. The zero-order chi connectivity index (χ0) is 23.8. The fourth-order valence-corrected chi connectivity index (χ4v) is 4.30. The van der Waals surface area contributed by atoms with Gasteiger partial charge in [0.05, 0.1) is 11.0 Å².